The Hall–Kier alpha value is -4.22. The third kappa shape index (κ3) is 5.73. The Morgan fingerprint density at radius 3 is 2.55 bits per heavy atom. The molecule has 0 aliphatic rings. The number of hydrogen-bond donors (Lipinski definition) is 5. The number of pyridine rings is 2. The van der Waals surface area contributed by atoms with Crippen molar-refractivity contribution in [2.45, 2.75) is 32.9 Å². The number of hydrogen-bond acceptors (Lipinski definition) is 7. The van der Waals surface area contributed by atoms with E-state index in [-0.39, 0.29) is 23.1 Å². The van der Waals surface area contributed by atoms with Crippen LogP contribution in [0.15, 0.2) is 43.0 Å². The molecule has 3 aromatic rings. The number of carbonyl (C=O) groups is 2. The normalized spacial score (nSPS) is 12.8. The Kier molecular flexibility index (Phi) is 7.06. The van der Waals surface area contributed by atoms with E-state index in [0.717, 1.165) is 6.07 Å². The van der Waals surface area contributed by atoms with Crippen LogP contribution in [-0.2, 0) is 0 Å². The van der Waals surface area contributed by atoms with Crippen LogP contribution in [0.5, 0.6) is 0 Å². The van der Waals surface area contributed by atoms with Crippen LogP contribution in [0, 0.1) is 11.7 Å². The van der Waals surface area contributed by atoms with E-state index in [1.165, 1.54) is 6.20 Å². The van der Waals surface area contributed by atoms with Crippen LogP contribution < -0.4 is 21.7 Å². The second kappa shape index (κ2) is 9.94. The molecular weight excluding hydrogens is 431 g/mol. The lowest BCUT2D eigenvalue weighted by molar-refractivity contribution is 0.1000. The summed E-state index contributed by atoms with van der Waals surface area (Å²) in [5, 5.41) is 21.4. The predicted molar refractivity (Wildman–Crippen MR) is 120 cm³/mol. The molecule has 0 spiro atoms. The van der Waals surface area contributed by atoms with Crippen molar-refractivity contribution in [1.29, 1.82) is 0 Å². The maximum absolute atomic E-state index is 14.8. The molecule has 11 nitrogen and oxygen atoms in total. The van der Waals surface area contributed by atoms with Crippen LogP contribution in [0.2, 0.25) is 0 Å². The van der Waals surface area contributed by atoms with Gasteiger partial charge in [-0.2, -0.15) is 5.10 Å². The molecule has 0 aromatic carbocycles. The Bertz CT molecular complexity index is 1140. The van der Waals surface area contributed by atoms with Gasteiger partial charge in [-0.1, -0.05) is 13.8 Å². The first kappa shape index (κ1) is 23.4. The molecule has 3 rings (SSSR count). The van der Waals surface area contributed by atoms with Gasteiger partial charge in [0, 0.05) is 24.5 Å². The molecule has 3 aromatic heterocycles. The summed E-state index contributed by atoms with van der Waals surface area (Å²) in [6, 6.07) is 3.43. The van der Waals surface area contributed by atoms with Gasteiger partial charge >= 0.3 is 6.09 Å². The Labute approximate surface area is 189 Å². The van der Waals surface area contributed by atoms with Crippen molar-refractivity contribution in [3.8, 4) is 5.69 Å². The molecular formula is C21H25FN8O3. The highest BCUT2D eigenvalue weighted by Gasteiger charge is 2.25. The molecule has 2 amide bonds. The standard InChI is InChI=1S/C21H25FN8O3/c1-11(2)17(12(3)26-21(32)33)28-20-16(22)8-15(18(23)31)19(29-20)27-13-7-14(10-24-9-13)30-6-4-5-25-30/h4-12,17,26H,1-3H3,(H2,23,31)(H,32,33)(H2,27,28,29)/t12-,17-/m0/s1. The third-order valence-corrected chi connectivity index (χ3v) is 4.91. The van der Waals surface area contributed by atoms with E-state index < -0.39 is 29.9 Å². The number of nitrogens with zero attached hydrogens (tertiary/aromatic N) is 4. The number of amides is 2. The fraction of sp³-hybridized carbons (Fsp3) is 0.286. The number of nitrogens with one attached hydrogen (secondary N) is 3. The number of halogens is 1. The van der Waals surface area contributed by atoms with Crippen LogP contribution in [0.4, 0.5) is 26.5 Å². The molecule has 6 N–H and O–H groups in total. The van der Waals surface area contributed by atoms with Gasteiger partial charge in [0.15, 0.2) is 11.6 Å². The number of carboxylic acid groups (broad SMARTS) is 1. The van der Waals surface area contributed by atoms with Crippen LogP contribution >= 0.6 is 0 Å². The van der Waals surface area contributed by atoms with Crippen molar-refractivity contribution in [3.05, 3.63) is 54.4 Å². The zero-order chi connectivity index (χ0) is 24.1. The minimum atomic E-state index is -1.20. The third-order valence-electron chi connectivity index (χ3n) is 4.91. The van der Waals surface area contributed by atoms with Gasteiger partial charge < -0.3 is 26.8 Å². The quantitative estimate of drug-likeness (QED) is 0.328. The molecule has 0 fully saturated rings. The van der Waals surface area contributed by atoms with Gasteiger partial charge in [0.1, 0.15) is 5.82 Å². The SMILES string of the molecule is CC(C)[C@H](Nc1nc(Nc2cncc(-n3cccn3)c2)c(C(N)=O)cc1F)[C@H](C)NC(=O)O. The summed E-state index contributed by atoms with van der Waals surface area (Å²) < 4.78 is 16.4. The lowest BCUT2D eigenvalue weighted by Gasteiger charge is -2.29. The second-order valence-corrected chi connectivity index (χ2v) is 7.74. The Balaban J connectivity index is 1.95. The first-order valence-electron chi connectivity index (χ1n) is 10.1. The molecule has 0 saturated heterocycles. The summed E-state index contributed by atoms with van der Waals surface area (Å²) in [5.41, 5.74) is 6.41. The number of carbonyl (C=O) groups excluding carboxylic acids is 1. The lowest BCUT2D eigenvalue weighted by Crippen LogP contribution is -2.47. The van der Waals surface area contributed by atoms with Crippen LogP contribution in [0.1, 0.15) is 31.1 Å². The molecule has 0 saturated carbocycles. The van der Waals surface area contributed by atoms with Crippen LogP contribution in [-0.4, -0.2) is 48.9 Å². The van der Waals surface area contributed by atoms with Crippen molar-refractivity contribution < 1.29 is 19.1 Å². The minimum absolute atomic E-state index is 0.0205. The van der Waals surface area contributed by atoms with Gasteiger partial charge in [-0.3, -0.25) is 9.78 Å². The fourth-order valence-corrected chi connectivity index (χ4v) is 3.36. The number of nitrogens with two attached hydrogens (primary N) is 1. The average Bonchev–Trinajstić information content (AvgIpc) is 3.28. The smallest absolute Gasteiger partial charge is 0.404 e. The van der Waals surface area contributed by atoms with Gasteiger partial charge in [0.2, 0.25) is 0 Å². The first-order chi connectivity index (χ1) is 15.7. The highest BCUT2D eigenvalue weighted by atomic mass is 19.1. The molecule has 0 aliphatic heterocycles. The van der Waals surface area contributed by atoms with Crippen molar-refractivity contribution in [2.24, 2.45) is 11.7 Å². The van der Waals surface area contributed by atoms with Crippen molar-refractivity contribution >= 4 is 29.3 Å². The van der Waals surface area contributed by atoms with Crippen molar-refractivity contribution in [3.63, 3.8) is 0 Å². The van der Waals surface area contributed by atoms with Crippen molar-refractivity contribution in [1.82, 2.24) is 25.1 Å². The van der Waals surface area contributed by atoms with E-state index >= 15 is 0 Å². The maximum atomic E-state index is 14.8. The zero-order valence-corrected chi connectivity index (χ0v) is 18.3. The number of primary amides is 1. The zero-order valence-electron chi connectivity index (χ0n) is 18.3. The molecule has 33 heavy (non-hydrogen) atoms. The Morgan fingerprint density at radius 2 is 1.94 bits per heavy atom. The van der Waals surface area contributed by atoms with Gasteiger partial charge in [-0.25, -0.2) is 18.9 Å². The average molecular weight is 456 g/mol. The van der Waals surface area contributed by atoms with Crippen LogP contribution in [0.25, 0.3) is 5.69 Å². The summed E-state index contributed by atoms with van der Waals surface area (Å²) in [7, 11) is 0. The Morgan fingerprint density at radius 1 is 1.18 bits per heavy atom. The molecule has 12 heteroatoms. The second-order valence-electron chi connectivity index (χ2n) is 7.74. The fourth-order valence-electron chi connectivity index (χ4n) is 3.36. The number of aromatic nitrogens is 4. The van der Waals surface area contributed by atoms with E-state index in [0.29, 0.717) is 11.4 Å². The lowest BCUT2D eigenvalue weighted by atomic mass is 9.97. The van der Waals surface area contributed by atoms with Gasteiger partial charge in [-0.15, -0.1) is 0 Å². The van der Waals surface area contributed by atoms with E-state index in [1.54, 1.807) is 42.3 Å². The number of rotatable bonds is 9. The van der Waals surface area contributed by atoms with E-state index in [4.69, 9.17) is 10.8 Å². The summed E-state index contributed by atoms with van der Waals surface area (Å²) in [4.78, 5) is 31.4. The topological polar surface area (TPSA) is 160 Å². The van der Waals surface area contributed by atoms with Gasteiger partial charge in [0.25, 0.3) is 5.91 Å². The van der Waals surface area contributed by atoms with E-state index in [1.807, 2.05) is 13.8 Å². The van der Waals surface area contributed by atoms with E-state index in [9.17, 15) is 14.0 Å². The molecule has 2 atom stereocenters. The summed E-state index contributed by atoms with van der Waals surface area (Å²) >= 11 is 0. The van der Waals surface area contributed by atoms with Crippen molar-refractivity contribution in [2.75, 3.05) is 10.6 Å². The molecule has 0 aliphatic carbocycles. The first-order valence-corrected chi connectivity index (χ1v) is 10.1. The largest absolute Gasteiger partial charge is 0.465 e. The maximum Gasteiger partial charge on any atom is 0.404 e. The molecule has 0 unspecified atom stereocenters. The van der Waals surface area contributed by atoms with E-state index in [2.05, 4.69) is 31.0 Å². The van der Waals surface area contributed by atoms with Crippen LogP contribution in [0.3, 0.4) is 0 Å². The highest BCUT2D eigenvalue weighted by molar-refractivity contribution is 5.98. The predicted octanol–water partition coefficient (Wildman–Crippen LogP) is 2.74. The number of anilines is 3. The summed E-state index contributed by atoms with van der Waals surface area (Å²) in [5.74, 6) is -1.88. The monoisotopic (exact) mass is 456 g/mol. The molecule has 3 heterocycles. The highest BCUT2D eigenvalue weighted by Crippen LogP contribution is 2.26. The van der Waals surface area contributed by atoms with Gasteiger partial charge in [-0.05, 0) is 31.0 Å². The minimum Gasteiger partial charge on any atom is -0.465 e. The molecule has 0 radical (unpaired) electrons. The summed E-state index contributed by atoms with van der Waals surface area (Å²) in [6.45, 7) is 5.38. The molecule has 0 bridgehead atoms. The summed E-state index contributed by atoms with van der Waals surface area (Å²) in [6.07, 6.45) is 5.27. The van der Waals surface area contributed by atoms with Gasteiger partial charge in [0.05, 0.1) is 29.3 Å². The molecule has 174 valence electrons.